The molecule has 1 atom stereocenters. The Morgan fingerprint density at radius 3 is 2.86 bits per heavy atom. The Balaban J connectivity index is 2.11. The lowest BCUT2D eigenvalue weighted by Crippen LogP contribution is -2.29. The summed E-state index contributed by atoms with van der Waals surface area (Å²) in [6.45, 7) is 2.38. The quantitative estimate of drug-likeness (QED) is 0.598. The van der Waals surface area contributed by atoms with E-state index >= 15 is 0 Å². The van der Waals surface area contributed by atoms with Crippen molar-refractivity contribution in [2.75, 3.05) is 27.4 Å². The Morgan fingerprint density at radius 2 is 2.18 bits per heavy atom. The number of carbonyl (C=O) groups excluding carboxylic acids is 1. The van der Waals surface area contributed by atoms with Crippen molar-refractivity contribution in [2.24, 2.45) is 5.73 Å². The molecule has 6 heteroatoms. The number of nitrogens with zero attached hydrogens (tertiary/aromatic N) is 1. The van der Waals surface area contributed by atoms with Crippen LogP contribution in [-0.4, -0.2) is 49.3 Å². The predicted octanol–water partition coefficient (Wildman–Crippen LogP) is 1.50. The highest BCUT2D eigenvalue weighted by molar-refractivity contribution is 5.89. The molecule has 0 fully saturated rings. The molecular formula is C16H23N3O3. The first kappa shape index (κ1) is 16.3. The zero-order chi connectivity index (χ0) is 16.1. The third-order valence-electron chi connectivity index (χ3n) is 3.36. The minimum Gasteiger partial charge on any atom is -0.457 e. The van der Waals surface area contributed by atoms with Gasteiger partial charge in [-0.25, -0.2) is 0 Å². The van der Waals surface area contributed by atoms with Crippen molar-refractivity contribution in [3.05, 3.63) is 30.0 Å². The Kier molecular flexibility index (Phi) is 5.41. The second kappa shape index (κ2) is 7.29. The highest BCUT2D eigenvalue weighted by atomic mass is 16.7. The van der Waals surface area contributed by atoms with Gasteiger partial charge < -0.3 is 25.1 Å². The third kappa shape index (κ3) is 3.99. The number of hydrogen-bond donors (Lipinski definition) is 2. The number of aromatic amines is 1. The normalized spacial score (nSPS) is 12.6. The van der Waals surface area contributed by atoms with Gasteiger partial charge in [0.25, 0.3) is 0 Å². The van der Waals surface area contributed by atoms with Crippen LogP contribution in [0.2, 0.25) is 0 Å². The van der Waals surface area contributed by atoms with Crippen LogP contribution in [0.3, 0.4) is 0 Å². The summed E-state index contributed by atoms with van der Waals surface area (Å²) in [4.78, 5) is 16.7. The Morgan fingerprint density at radius 1 is 1.41 bits per heavy atom. The highest BCUT2D eigenvalue weighted by Crippen LogP contribution is 2.29. The van der Waals surface area contributed by atoms with Gasteiger partial charge in [0.2, 0.25) is 6.79 Å². The number of ether oxygens (including phenoxy) is 2. The molecule has 0 spiro atoms. The van der Waals surface area contributed by atoms with Crippen LogP contribution in [0, 0.1) is 0 Å². The van der Waals surface area contributed by atoms with Gasteiger partial charge in [-0.2, -0.15) is 0 Å². The summed E-state index contributed by atoms with van der Waals surface area (Å²) >= 11 is 0. The fourth-order valence-corrected chi connectivity index (χ4v) is 2.16. The maximum absolute atomic E-state index is 11.4. The van der Waals surface area contributed by atoms with Crippen molar-refractivity contribution in [2.45, 2.75) is 19.4 Å². The minimum atomic E-state index is -0.651. The average molecular weight is 305 g/mol. The number of rotatable bonds is 7. The summed E-state index contributed by atoms with van der Waals surface area (Å²) < 4.78 is 10.6. The molecule has 3 N–H and O–H groups in total. The summed E-state index contributed by atoms with van der Waals surface area (Å²) in [7, 11) is 4.08. The molecule has 0 unspecified atom stereocenters. The molecule has 2 rings (SSSR count). The van der Waals surface area contributed by atoms with Crippen molar-refractivity contribution in [1.29, 1.82) is 0 Å². The minimum absolute atomic E-state index is 0.141. The molecule has 0 saturated heterocycles. The molecule has 1 aromatic carbocycles. The second-order valence-electron chi connectivity index (χ2n) is 5.56. The van der Waals surface area contributed by atoms with Crippen molar-refractivity contribution in [3.63, 3.8) is 0 Å². The van der Waals surface area contributed by atoms with Crippen molar-refractivity contribution < 1.29 is 14.3 Å². The molecule has 2 aromatic rings. The lowest BCUT2D eigenvalue weighted by atomic mass is 10.1. The van der Waals surface area contributed by atoms with Crippen LogP contribution >= 0.6 is 0 Å². The van der Waals surface area contributed by atoms with E-state index in [4.69, 9.17) is 15.2 Å². The third-order valence-corrected chi connectivity index (χ3v) is 3.36. The lowest BCUT2D eigenvalue weighted by Gasteiger charge is -2.12. The largest absolute Gasteiger partial charge is 0.457 e. The zero-order valence-corrected chi connectivity index (χ0v) is 13.3. The summed E-state index contributed by atoms with van der Waals surface area (Å²) in [5.74, 6) is 0.221. The van der Waals surface area contributed by atoms with Gasteiger partial charge in [-0.1, -0.05) is 6.07 Å². The summed E-state index contributed by atoms with van der Waals surface area (Å²) in [5, 5.41) is 1.03. The molecule has 1 heterocycles. The topological polar surface area (TPSA) is 80.6 Å². The summed E-state index contributed by atoms with van der Waals surface area (Å²) in [6, 6.07) is 5.11. The maximum atomic E-state index is 11.4. The number of H-pyrrole nitrogens is 1. The summed E-state index contributed by atoms with van der Waals surface area (Å²) in [5.41, 5.74) is 7.62. The molecule has 120 valence electrons. The number of benzene rings is 1. The van der Waals surface area contributed by atoms with Gasteiger partial charge in [0, 0.05) is 23.6 Å². The number of esters is 1. The molecule has 6 nitrogen and oxygen atoms in total. The molecule has 0 bridgehead atoms. The zero-order valence-electron chi connectivity index (χ0n) is 13.3. The Hall–Kier alpha value is -2.05. The van der Waals surface area contributed by atoms with E-state index in [1.54, 1.807) is 6.92 Å². The molecule has 1 aromatic heterocycles. The summed E-state index contributed by atoms with van der Waals surface area (Å²) in [6.07, 6.45) is 2.90. The van der Waals surface area contributed by atoms with E-state index in [-0.39, 0.29) is 6.79 Å². The first-order valence-electron chi connectivity index (χ1n) is 7.27. The van der Waals surface area contributed by atoms with Gasteiger partial charge in [0.05, 0.1) is 0 Å². The van der Waals surface area contributed by atoms with Crippen LogP contribution in [-0.2, 0) is 16.0 Å². The van der Waals surface area contributed by atoms with E-state index in [2.05, 4.69) is 9.88 Å². The van der Waals surface area contributed by atoms with Gasteiger partial charge in [-0.05, 0) is 45.1 Å². The van der Waals surface area contributed by atoms with Crippen LogP contribution in [0.25, 0.3) is 10.9 Å². The number of nitrogens with two attached hydrogens (primary N) is 1. The predicted molar refractivity (Wildman–Crippen MR) is 85.8 cm³/mol. The van der Waals surface area contributed by atoms with E-state index in [0.717, 1.165) is 23.9 Å². The molecule has 0 aliphatic carbocycles. The SMILES string of the molecule is C[C@H](N)C(=O)OCOc1cccc2[nH]cc(CCN(C)C)c12. The number of likely N-dealkylation sites (N-methyl/N-ethyl adjacent to an activating group) is 1. The number of carbonyl (C=O) groups is 1. The highest BCUT2D eigenvalue weighted by Gasteiger charge is 2.12. The van der Waals surface area contributed by atoms with Gasteiger partial charge >= 0.3 is 5.97 Å². The van der Waals surface area contributed by atoms with Gasteiger partial charge in [0.1, 0.15) is 11.8 Å². The lowest BCUT2D eigenvalue weighted by molar-refractivity contribution is -0.151. The van der Waals surface area contributed by atoms with Gasteiger partial charge in [-0.3, -0.25) is 4.79 Å². The van der Waals surface area contributed by atoms with Crippen molar-refractivity contribution in [3.8, 4) is 5.75 Å². The van der Waals surface area contributed by atoms with Crippen LogP contribution in [0.1, 0.15) is 12.5 Å². The van der Waals surface area contributed by atoms with Crippen molar-refractivity contribution in [1.82, 2.24) is 9.88 Å². The number of nitrogens with one attached hydrogen (secondary N) is 1. The van der Waals surface area contributed by atoms with E-state index < -0.39 is 12.0 Å². The monoisotopic (exact) mass is 305 g/mol. The maximum Gasteiger partial charge on any atom is 0.325 e. The molecule has 0 radical (unpaired) electrons. The Bertz CT molecular complexity index is 635. The van der Waals surface area contributed by atoms with Crippen LogP contribution in [0.4, 0.5) is 0 Å². The van der Waals surface area contributed by atoms with E-state index in [1.165, 1.54) is 5.56 Å². The van der Waals surface area contributed by atoms with E-state index in [1.807, 2.05) is 38.5 Å². The molecule has 0 aliphatic rings. The van der Waals surface area contributed by atoms with Gasteiger partial charge in [0.15, 0.2) is 0 Å². The van der Waals surface area contributed by atoms with Crippen molar-refractivity contribution >= 4 is 16.9 Å². The first-order valence-corrected chi connectivity index (χ1v) is 7.27. The molecule has 0 saturated carbocycles. The molecule has 0 aliphatic heterocycles. The fraction of sp³-hybridized carbons (Fsp3) is 0.438. The van der Waals surface area contributed by atoms with Crippen LogP contribution in [0.15, 0.2) is 24.4 Å². The van der Waals surface area contributed by atoms with E-state index in [0.29, 0.717) is 5.75 Å². The molecular weight excluding hydrogens is 282 g/mol. The fourth-order valence-electron chi connectivity index (χ4n) is 2.16. The smallest absolute Gasteiger partial charge is 0.325 e. The van der Waals surface area contributed by atoms with E-state index in [9.17, 15) is 4.79 Å². The number of fused-ring (bicyclic) bond motifs is 1. The molecule has 22 heavy (non-hydrogen) atoms. The van der Waals surface area contributed by atoms with Gasteiger partial charge in [-0.15, -0.1) is 0 Å². The van der Waals surface area contributed by atoms with Crippen LogP contribution in [0.5, 0.6) is 5.75 Å². The van der Waals surface area contributed by atoms with Crippen LogP contribution < -0.4 is 10.5 Å². The second-order valence-corrected chi connectivity index (χ2v) is 5.56. The standard InChI is InChI=1S/C16H23N3O3/c1-11(17)16(20)22-10-21-14-6-4-5-13-15(14)12(9-18-13)7-8-19(2)3/h4-6,9,11,18H,7-8,10,17H2,1-3H3/t11-/m0/s1. The average Bonchev–Trinajstić information content (AvgIpc) is 2.89. The number of hydrogen-bond acceptors (Lipinski definition) is 5. The molecule has 0 amide bonds. The Labute approximate surface area is 130 Å². The number of aromatic nitrogens is 1. The first-order chi connectivity index (χ1) is 10.5.